The molecule has 6 heteroatoms. The van der Waals surface area contributed by atoms with Gasteiger partial charge in [-0.15, -0.1) is 0 Å². The smallest absolute Gasteiger partial charge is 0.241 e. The second-order valence-corrected chi connectivity index (χ2v) is 6.43. The van der Waals surface area contributed by atoms with Crippen LogP contribution in [0.5, 0.6) is 0 Å². The zero-order chi connectivity index (χ0) is 16.9. The van der Waals surface area contributed by atoms with Crippen molar-refractivity contribution >= 4 is 17.5 Å². The van der Waals surface area contributed by atoms with E-state index in [1.165, 1.54) is 5.56 Å². The van der Waals surface area contributed by atoms with Crippen LogP contribution in [0, 0.1) is 0 Å². The molecule has 0 radical (unpaired) electrons. The van der Waals surface area contributed by atoms with Crippen LogP contribution in [0.4, 0.5) is 5.69 Å². The molecule has 24 heavy (non-hydrogen) atoms. The van der Waals surface area contributed by atoms with Crippen molar-refractivity contribution in [2.75, 3.05) is 57.8 Å². The summed E-state index contributed by atoms with van der Waals surface area (Å²) >= 11 is 0. The molecule has 0 atom stereocenters. The van der Waals surface area contributed by atoms with Gasteiger partial charge in [-0.3, -0.25) is 14.5 Å². The first kappa shape index (κ1) is 16.9. The Kier molecular flexibility index (Phi) is 5.48. The fourth-order valence-electron chi connectivity index (χ4n) is 3.42. The molecule has 1 N–H and O–H groups in total. The Hall–Kier alpha value is -1.92. The molecule has 3 rings (SSSR count). The molecule has 1 saturated heterocycles. The third-order valence-electron chi connectivity index (χ3n) is 4.86. The molecule has 0 bridgehead atoms. The number of nitrogens with zero attached hydrogens (tertiary/aromatic N) is 3. The van der Waals surface area contributed by atoms with E-state index in [1.807, 2.05) is 35.0 Å². The van der Waals surface area contributed by atoms with Crippen LogP contribution >= 0.6 is 0 Å². The summed E-state index contributed by atoms with van der Waals surface area (Å²) in [6.45, 7) is 4.90. The lowest BCUT2D eigenvalue weighted by molar-refractivity contribution is -0.133. The molecule has 1 aromatic carbocycles. The summed E-state index contributed by atoms with van der Waals surface area (Å²) in [5.74, 6) is 0.360. The highest BCUT2D eigenvalue weighted by atomic mass is 16.2. The van der Waals surface area contributed by atoms with E-state index in [-0.39, 0.29) is 11.8 Å². The molecule has 0 spiro atoms. The number of rotatable bonds is 5. The topological polar surface area (TPSA) is 55.9 Å². The van der Waals surface area contributed by atoms with E-state index in [0.29, 0.717) is 32.6 Å². The fraction of sp³-hybridized carbons (Fsp3) is 0.556. The molecular weight excluding hydrogens is 304 g/mol. The van der Waals surface area contributed by atoms with Gasteiger partial charge in [0.2, 0.25) is 11.8 Å². The van der Waals surface area contributed by atoms with Crippen LogP contribution in [0.25, 0.3) is 0 Å². The number of carbonyl (C=O) groups excluding carboxylic acids is 2. The summed E-state index contributed by atoms with van der Waals surface area (Å²) in [6, 6.07) is 8.13. The minimum Gasteiger partial charge on any atom is -0.340 e. The summed E-state index contributed by atoms with van der Waals surface area (Å²) in [5, 5.41) is 3.00. The molecule has 0 unspecified atom stereocenters. The molecule has 0 saturated carbocycles. The number of para-hydroxylation sites is 1. The molecular formula is C18H26N4O2. The first-order chi connectivity index (χ1) is 11.7. The van der Waals surface area contributed by atoms with Crippen molar-refractivity contribution in [2.24, 2.45) is 0 Å². The normalized spacial score (nSPS) is 17.9. The number of fused-ring (bicyclic) bond motifs is 1. The van der Waals surface area contributed by atoms with Gasteiger partial charge in [0, 0.05) is 51.4 Å². The second-order valence-electron chi connectivity index (χ2n) is 6.43. The van der Waals surface area contributed by atoms with Gasteiger partial charge in [-0.2, -0.15) is 0 Å². The molecule has 2 heterocycles. The van der Waals surface area contributed by atoms with E-state index in [0.717, 1.165) is 31.7 Å². The molecule has 1 aromatic rings. The Morgan fingerprint density at radius 2 is 1.79 bits per heavy atom. The highest BCUT2D eigenvalue weighted by Gasteiger charge is 2.27. The van der Waals surface area contributed by atoms with E-state index in [1.54, 1.807) is 0 Å². The van der Waals surface area contributed by atoms with Crippen LogP contribution in [0.1, 0.15) is 12.0 Å². The van der Waals surface area contributed by atoms with Gasteiger partial charge in [0.1, 0.15) is 0 Å². The summed E-state index contributed by atoms with van der Waals surface area (Å²) in [7, 11) is 1.85. The highest BCUT2D eigenvalue weighted by Crippen LogP contribution is 2.27. The number of carbonyl (C=O) groups is 2. The monoisotopic (exact) mass is 330 g/mol. The molecule has 2 amide bonds. The highest BCUT2D eigenvalue weighted by molar-refractivity contribution is 5.96. The number of benzene rings is 1. The lowest BCUT2D eigenvalue weighted by Gasteiger charge is -2.35. The van der Waals surface area contributed by atoms with E-state index < -0.39 is 0 Å². The average molecular weight is 330 g/mol. The lowest BCUT2D eigenvalue weighted by Crippen LogP contribution is -2.51. The van der Waals surface area contributed by atoms with Gasteiger partial charge >= 0.3 is 0 Å². The second kappa shape index (κ2) is 7.77. The minimum absolute atomic E-state index is 0.162. The van der Waals surface area contributed by atoms with Crippen LogP contribution in [-0.2, 0) is 16.0 Å². The van der Waals surface area contributed by atoms with E-state index in [2.05, 4.69) is 16.3 Å². The fourth-order valence-corrected chi connectivity index (χ4v) is 3.42. The van der Waals surface area contributed by atoms with Crippen LogP contribution in [-0.4, -0.2) is 74.5 Å². The Labute approximate surface area is 143 Å². The molecule has 6 nitrogen and oxygen atoms in total. The predicted molar refractivity (Wildman–Crippen MR) is 94.1 cm³/mol. The molecule has 1 fully saturated rings. The van der Waals surface area contributed by atoms with Crippen molar-refractivity contribution in [3.05, 3.63) is 29.8 Å². The quantitative estimate of drug-likeness (QED) is 0.845. The predicted octanol–water partition coefficient (Wildman–Crippen LogP) is 0.329. The van der Waals surface area contributed by atoms with Crippen molar-refractivity contribution in [2.45, 2.75) is 12.8 Å². The van der Waals surface area contributed by atoms with E-state index in [4.69, 9.17) is 0 Å². The maximum absolute atomic E-state index is 12.6. The van der Waals surface area contributed by atoms with Crippen molar-refractivity contribution in [3.8, 4) is 0 Å². The van der Waals surface area contributed by atoms with Gasteiger partial charge in [-0.05, 0) is 25.1 Å². The standard InChI is InChI=1S/C18H26N4O2/c1-19-8-6-17(23)21-12-10-20(11-13-21)14-18(24)22-9-7-15-4-2-3-5-16(15)22/h2-5,19H,6-14H2,1H3. The minimum atomic E-state index is 0.162. The van der Waals surface area contributed by atoms with Gasteiger partial charge in [0.25, 0.3) is 0 Å². The number of anilines is 1. The van der Waals surface area contributed by atoms with Crippen LogP contribution in [0.15, 0.2) is 24.3 Å². The van der Waals surface area contributed by atoms with E-state index in [9.17, 15) is 9.59 Å². The summed E-state index contributed by atoms with van der Waals surface area (Å²) < 4.78 is 0. The van der Waals surface area contributed by atoms with Gasteiger partial charge < -0.3 is 15.1 Å². The Balaban J connectivity index is 1.48. The van der Waals surface area contributed by atoms with Crippen LogP contribution < -0.4 is 10.2 Å². The van der Waals surface area contributed by atoms with Crippen molar-refractivity contribution in [3.63, 3.8) is 0 Å². The molecule has 0 aliphatic carbocycles. The maximum atomic E-state index is 12.6. The Morgan fingerprint density at radius 1 is 1.04 bits per heavy atom. The van der Waals surface area contributed by atoms with Gasteiger partial charge in [0.15, 0.2) is 0 Å². The van der Waals surface area contributed by atoms with Crippen LogP contribution in [0.2, 0.25) is 0 Å². The molecule has 130 valence electrons. The van der Waals surface area contributed by atoms with Crippen molar-refractivity contribution < 1.29 is 9.59 Å². The largest absolute Gasteiger partial charge is 0.340 e. The first-order valence-corrected chi connectivity index (χ1v) is 8.72. The van der Waals surface area contributed by atoms with Gasteiger partial charge in [-0.1, -0.05) is 18.2 Å². The number of amides is 2. The Morgan fingerprint density at radius 3 is 2.54 bits per heavy atom. The summed E-state index contributed by atoms with van der Waals surface area (Å²) in [4.78, 5) is 30.6. The third kappa shape index (κ3) is 3.76. The number of hydrogen-bond acceptors (Lipinski definition) is 4. The van der Waals surface area contributed by atoms with Gasteiger partial charge in [0.05, 0.1) is 6.54 Å². The molecule has 2 aliphatic rings. The molecule has 0 aromatic heterocycles. The first-order valence-electron chi connectivity index (χ1n) is 8.72. The maximum Gasteiger partial charge on any atom is 0.241 e. The van der Waals surface area contributed by atoms with E-state index >= 15 is 0 Å². The Bertz CT molecular complexity index is 596. The number of piperazine rings is 1. The lowest BCUT2D eigenvalue weighted by atomic mass is 10.2. The van der Waals surface area contributed by atoms with Crippen molar-refractivity contribution in [1.82, 2.24) is 15.1 Å². The van der Waals surface area contributed by atoms with Crippen molar-refractivity contribution in [1.29, 1.82) is 0 Å². The molecule has 2 aliphatic heterocycles. The van der Waals surface area contributed by atoms with Gasteiger partial charge in [-0.25, -0.2) is 0 Å². The summed E-state index contributed by atoms with van der Waals surface area (Å²) in [5.41, 5.74) is 2.31. The zero-order valence-electron chi connectivity index (χ0n) is 14.3. The number of hydrogen-bond donors (Lipinski definition) is 1. The zero-order valence-corrected chi connectivity index (χ0v) is 14.3. The SMILES string of the molecule is CNCCC(=O)N1CCN(CC(=O)N2CCc3ccccc32)CC1. The third-order valence-corrected chi connectivity index (χ3v) is 4.86. The number of nitrogens with one attached hydrogen (secondary N) is 1. The summed E-state index contributed by atoms with van der Waals surface area (Å²) in [6.07, 6.45) is 1.48. The van der Waals surface area contributed by atoms with Crippen LogP contribution in [0.3, 0.4) is 0 Å². The average Bonchev–Trinajstić information content (AvgIpc) is 3.04.